The summed E-state index contributed by atoms with van der Waals surface area (Å²) in [5.74, 6) is -0.0606. The summed E-state index contributed by atoms with van der Waals surface area (Å²) in [6.07, 6.45) is 4.33. The van der Waals surface area contributed by atoms with Gasteiger partial charge in [0.2, 0.25) is 15.9 Å². The number of amides is 1. The quantitative estimate of drug-likeness (QED) is 0.852. The summed E-state index contributed by atoms with van der Waals surface area (Å²) in [6, 6.07) is 6.46. The smallest absolute Gasteiger partial charge is 0.223 e. The second-order valence-electron chi connectivity index (χ2n) is 6.46. The topological polar surface area (TPSA) is 66.5 Å². The van der Waals surface area contributed by atoms with Crippen LogP contribution >= 0.6 is 0 Å². The van der Waals surface area contributed by atoms with Crippen molar-refractivity contribution >= 4 is 15.9 Å². The Morgan fingerprint density at radius 3 is 2.38 bits per heavy atom. The van der Waals surface area contributed by atoms with E-state index < -0.39 is 10.0 Å². The summed E-state index contributed by atoms with van der Waals surface area (Å²) in [6.45, 7) is 5.65. The Kier molecular flexibility index (Phi) is 6.40. The number of hydrogen-bond acceptors (Lipinski definition) is 3. The lowest BCUT2D eigenvalue weighted by molar-refractivity contribution is -0.126. The van der Waals surface area contributed by atoms with Crippen LogP contribution in [0.5, 0.6) is 0 Å². The van der Waals surface area contributed by atoms with E-state index in [1.54, 1.807) is 0 Å². The molecule has 0 spiro atoms. The van der Waals surface area contributed by atoms with Crippen molar-refractivity contribution in [2.75, 3.05) is 19.3 Å². The number of piperidine rings is 1. The van der Waals surface area contributed by atoms with Gasteiger partial charge in [-0.25, -0.2) is 12.7 Å². The van der Waals surface area contributed by atoms with Gasteiger partial charge in [-0.2, -0.15) is 0 Å². The molecule has 1 fully saturated rings. The predicted molar refractivity (Wildman–Crippen MR) is 96.2 cm³/mol. The normalized spacial score (nSPS) is 17.0. The van der Waals surface area contributed by atoms with E-state index >= 15 is 0 Å². The molecule has 0 atom stereocenters. The zero-order valence-electron chi connectivity index (χ0n) is 14.8. The Morgan fingerprint density at radius 2 is 1.83 bits per heavy atom. The largest absolute Gasteiger partial charge is 0.352 e. The average molecular weight is 353 g/mol. The minimum atomic E-state index is -3.15. The monoisotopic (exact) mass is 352 g/mol. The summed E-state index contributed by atoms with van der Waals surface area (Å²) in [5, 5.41) is 3.04. The summed E-state index contributed by atoms with van der Waals surface area (Å²) >= 11 is 0. The molecule has 1 aliphatic rings. The van der Waals surface area contributed by atoms with Gasteiger partial charge in [-0.05, 0) is 42.4 Å². The molecule has 1 saturated heterocycles. The van der Waals surface area contributed by atoms with Crippen LogP contribution < -0.4 is 5.32 Å². The number of nitrogens with one attached hydrogen (secondary N) is 1. The van der Waals surface area contributed by atoms with Crippen molar-refractivity contribution in [1.82, 2.24) is 9.62 Å². The maximum Gasteiger partial charge on any atom is 0.223 e. The standard InChI is InChI=1S/C18H28N2O3S/c1-4-14-6-7-15(5-2)17(12-14)13-19-18(21)16-8-10-20(11-9-16)24(3,22)23/h6-7,12,16H,4-5,8-11,13H2,1-3H3,(H,19,21). The molecule has 6 heteroatoms. The molecule has 0 bridgehead atoms. The molecular weight excluding hydrogens is 324 g/mol. The van der Waals surface area contributed by atoms with Crippen molar-refractivity contribution in [3.05, 3.63) is 34.9 Å². The number of aryl methyl sites for hydroxylation is 2. The molecule has 1 amide bonds. The first-order valence-electron chi connectivity index (χ1n) is 8.68. The molecule has 1 aliphatic heterocycles. The maximum atomic E-state index is 12.4. The first-order chi connectivity index (χ1) is 11.3. The number of nitrogens with zero attached hydrogens (tertiary/aromatic N) is 1. The van der Waals surface area contributed by atoms with Gasteiger partial charge in [0.25, 0.3) is 0 Å². The zero-order chi connectivity index (χ0) is 17.7. The van der Waals surface area contributed by atoms with Crippen LogP contribution in [0.3, 0.4) is 0 Å². The second-order valence-corrected chi connectivity index (χ2v) is 8.45. The zero-order valence-corrected chi connectivity index (χ0v) is 15.7. The van der Waals surface area contributed by atoms with Crippen molar-refractivity contribution in [2.45, 2.75) is 46.1 Å². The highest BCUT2D eigenvalue weighted by Crippen LogP contribution is 2.20. The molecule has 2 rings (SSSR count). The van der Waals surface area contributed by atoms with Gasteiger partial charge < -0.3 is 5.32 Å². The van der Waals surface area contributed by atoms with E-state index in [0.29, 0.717) is 32.5 Å². The lowest BCUT2D eigenvalue weighted by atomic mass is 9.96. The van der Waals surface area contributed by atoms with Gasteiger partial charge in [0.15, 0.2) is 0 Å². The molecule has 5 nitrogen and oxygen atoms in total. The van der Waals surface area contributed by atoms with Gasteiger partial charge in [-0.15, -0.1) is 0 Å². The average Bonchev–Trinajstić information content (AvgIpc) is 2.58. The molecule has 1 aromatic carbocycles. The fraction of sp³-hybridized carbons (Fsp3) is 0.611. The molecule has 1 N–H and O–H groups in total. The van der Waals surface area contributed by atoms with Crippen LogP contribution in [-0.2, 0) is 34.2 Å². The Balaban J connectivity index is 1.92. The van der Waals surface area contributed by atoms with Crippen LogP contribution in [0.2, 0.25) is 0 Å². The Hall–Kier alpha value is -1.40. The number of carbonyl (C=O) groups is 1. The molecule has 0 saturated carbocycles. The summed E-state index contributed by atoms with van der Waals surface area (Å²) in [7, 11) is -3.15. The van der Waals surface area contributed by atoms with E-state index in [1.165, 1.54) is 27.3 Å². The van der Waals surface area contributed by atoms with E-state index in [0.717, 1.165) is 12.8 Å². The van der Waals surface area contributed by atoms with E-state index in [4.69, 9.17) is 0 Å². The lowest BCUT2D eigenvalue weighted by Gasteiger charge is -2.29. The van der Waals surface area contributed by atoms with Crippen LogP contribution in [0.1, 0.15) is 43.4 Å². The van der Waals surface area contributed by atoms with Crippen molar-refractivity contribution in [3.8, 4) is 0 Å². The second kappa shape index (κ2) is 8.12. The van der Waals surface area contributed by atoms with Gasteiger partial charge in [0, 0.05) is 25.6 Å². The van der Waals surface area contributed by atoms with Gasteiger partial charge in [0.1, 0.15) is 0 Å². The number of carbonyl (C=O) groups excluding carboxylic acids is 1. The minimum absolute atomic E-state index is 0.0344. The Bertz CT molecular complexity index is 678. The third-order valence-corrected chi connectivity index (χ3v) is 6.11. The minimum Gasteiger partial charge on any atom is -0.352 e. The molecule has 134 valence electrons. The molecule has 1 heterocycles. The van der Waals surface area contributed by atoms with Gasteiger partial charge in [-0.3, -0.25) is 4.79 Å². The highest BCUT2D eigenvalue weighted by molar-refractivity contribution is 7.88. The van der Waals surface area contributed by atoms with Crippen LogP contribution in [0, 0.1) is 5.92 Å². The van der Waals surface area contributed by atoms with Crippen LogP contribution in [0.25, 0.3) is 0 Å². The fourth-order valence-corrected chi connectivity index (χ4v) is 4.06. The van der Waals surface area contributed by atoms with Gasteiger partial charge in [0.05, 0.1) is 6.26 Å². The van der Waals surface area contributed by atoms with Gasteiger partial charge in [-0.1, -0.05) is 32.0 Å². The Morgan fingerprint density at radius 1 is 1.17 bits per heavy atom. The maximum absolute atomic E-state index is 12.4. The molecule has 0 unspecified atom stereocenters. The fourth-order valence-electron chi connectivity index (χ4n) is 3.18. The van der Waals surface area contributed by atoms with E-state index in [1.807, 2.05) is 0 Å². The third kappa shape index (κ3) is 4.80. The van der Waals surface area contributed by atoms with Crippen LogP contribution in [0.15, 0.2) is 18.2 Å². The van der Waals surface area contributed by atoms with Crippen molar-refractivity contribution < 1.29 is 13.2 Å². The van der Waals surface area contributed by atoms with Gasteiger partial charge >= 0.3 is 0 Å². The highest BCUT2D eigenvalue weighted by atomic mass is 32.2. The lowest BCUT2D eigenvalue weighted by Crippen LogP contribution is -2.42. The first kappa shape index (κ1) is 18.9. The molecule has 1 aromatic rings. The summed E-state index contributed by atoms with van der Waals surface area (Å²) < 4.78 is 24.5. The first-order valence-corrected chi connectivity index (χ1v) is 10.5. The molecule has 0 aromatic heterocycles. The number of benzene rings is 1. The SMILES string of the molecule is CCc1ccc(CC)c(CNC(=O)C2CCN(S(C)(=O)=O)CC2)c1. The number of hydrogen-bond donors (Lipinski definition) is 1. The molecule has 0 radical (unpaired) electrons. The summed E-state index contributed by atoms with van der Waals surface area (Å²) in [4.78, 5) is 12.4. The molecular formula is C18H28N2O3S. The van der Waals surface area contributed by atoms with E-state index in [9.17, 15) is 13.2 Å². The number of rotatable bonds is 6. The summed E-state index contributed by atoms with van der Waals surface area (Å²) in [5.41, 5.74) is 3.72. The van der Waals surface area contributed by atoms with E-state index in [-0.39, 0.29) is 11.8 Å². The van der Waals surface area contributed by atoms with Crippen molar-refractivity contribution in [1.29, 1.82) is 0 Å². The highest BCUT2D eigenvalue weighted by Gasteiger charge is 2.28. The van der Waals surface area contributed by atoms with Crippen molar-refractivity contribution in [3.63, 3.8) is 0 Å². The Labute approximate surface area is 145 Å². The number of sulfonamides is 1. The van der Waals surface area contributed by atoms with E-state index in [2.05, 4.69) is 37.4 Å². The third-order valence-electron chi connectivity index (χ3n) is 4.81. The molecule has 24 heavy (non-hydrogen) atoms. The molecule has 0 aliphatic carbocycles. The van der Waals surface area contributed by atoms with Crippen LogP contribution in [-0.4, -0.2) is 38.0 Å². The van der Waals surface area contributed by atoms with Crippen molar-refractivity contribution in [2.24, 2.45) is 5.92 Å². The van der Waals surface area contributed by atoms with Crippen LogP contribution in [0.4, 0.5) is 0 Å². The predicted octanol–water partition coefficient (Wildman–Crippen LogP) is 2.10.